The van der Waals surface area contributed by atoms with E-state index in [1.807, 2.05) is 30.3 Å². The first-order valence-corrected chi connectivity index (χ1v) is 10.4. The third-order valence-corrected chi connectivity index (χ3v) is 6.35. The van der Waals surface area contributed by atoms with E-state index in [0.717, 1.165) is 18.7 Å². The highest BCUT2D eigenvalue weighted by atomic mass is 35.5. The first-order chi connectivity index (χ1) is 13.7. The maximum absolute atomic E-state index is 12.5. The molecule has 0 aliphatic carbocycles. The Morgan fingerprint density at radius 3 is 2.12 bits per heavy atom. The molecule has 1 aromatic rings. The SMILES string of the molecule is CC(=O)C1(c2ccccc2)CCN(CCC(N)(CCCCB(O)O)C(=O)O)CC1.Cl.Cl.O. The molecule has 0 bridgehead atoms. The highest BCUT2D eigenvalue weighted by Crippen LogP contribution is 2.36. The van der Waals surface area contributed by atoms with E-state index in [1.54, 1.807) is 6.92 Å². The lowest BCUT2D eigenvalue weighted by Crippen LogP contribution is -2.52. The Morgan fingerprint density at radius 1 is 1.09 bits per heavy atom. The molecule has 1 aliphatic heterocycles. The number of halogens is 2. The predicted octanol–water partition coefficient (Wildman–Crippen LogP) is 1.44. The highest BCUT2D eigenvalue weighted by Gasteiger charge is 2.41. The van der Waals surface area contributed by atoms with Crippen LogP contribution < -0.4 is 5.73 Å². The molecule has 0 radical (unpaired) electrons. The van der Waals surface area contributed by atoms with Crippen molar-refractivity contribution in [2.45, 2.75) is 62.7 Å². The Morgan fingerprint density at radius 2 is 1.66 bits per heavy atom. The fraction of sp³-hybridized carbons (Fsp3) is 0.619. The highest BCUT2D eigenvalue weighted by molar-refractivity contribution is 6.40. The number of carbonyl (C=O) groups is 2. The predicted molar refractivity (Wildman–Crippen MR) is 131 cm³/mol. The fourth-order valence-electron chi connectivity index (χ4n) is 4.22. The summed E-state index contributed by atoms with van der Waals surface area (Å²) in [6, 6.07) is 9.88. The third kappa shape index (κ3) is 8.63. The van der Waals surface area contributed by atoms with Gasteiger partial charge >= 0.3 is 13.1 Å². The van der Waals surface area contributed by atoms with Crippen LogP contribution in [0.15, 0.2) is 30.3 Å². The summed E-state index contributed by atoms with van der Waals surface area (Å²) in [5.74, 6) is -0.852. The van der Waals surface area contributed by atoms with Crippen molar-refractivity contribution < 1.29 is 30.2 Å². The molecule has 32 heavy (non-hydrogen) atoms. The van der Waals surface area contributed by atoms with Gasteiger partial charge in [0, 0.05) is 6.54 Å². The molecule has 1 heterocycles. The molecule has 0 saturated carbocycles. The van der Waals surface area contributed by atoms with Crippen LogP contribution in [-0.2, 0) is 15.0 Å². The van der Waals surface area contributed by atoms with Gasteiger partial charge in [0.1, 0.15) is 11.3 Å². The topological polar surface area (TPSA) is 156 Å². The second-order valence-electron chi connectivity index (χ2n) is 8.28. The molecule has 1 atom stereocenters. The molecule has 1 fully saturated rings. The molecule has 0 amide bonds. The molecule has 2 rings (SSSR count). The smallest absolute Gasteiger partial charge is 0.451 e. The van der Waals surface area contributed by atoms with E-state index in [9.17, 15) is 14.7 Å². The van der Waals surface area contributed by atoms with E-state index < -0.39 is 24.0 Å². The van der Waals surface area contributed by atoms with Crippen molar-refractivity contribution in [2.24, 2.45) is 5.73 Å². The van der Waals surface area contributed by atoms with Gasteiger partial charge in [0.15, 0.2) is 0 Å². The van der Waals surface area contributed by atoms with Gasteiger partial charge in [-0.15, -0.1) is 24.8 Å². The largest absolute Gasteiger partial charge is 0.480 e. The Bertz CT molecular complexity index is 690. The van der Waals surface area contributed by atoms with Gasteiger partial charge in [-0.2, -0.15) is 0 Å². The van der Waals surface area contributed by atoms with Crippen LogP contribution in [0.4, 0.5) is 0 Å². The zero-order valence-corrected chi connectivity index (χ0v) is 20.2. The van der Waals surface area contributed by atoms with Crippen molar-refractivity contribution >= 4 is 43.7 Å². The van der Waals surface area contributed by atoms with Gasteiger partial charge in [-0.3, -0.25) is 9.59 Å². The molecular weight excluding hydrogens is 458 g/mol. The Kier molecular flexibility index (Phi) is 15.3. The second kappa shape index (κ2) is 14.9. The number of hydrogen-bond donors (Lipinski definition) is 4. The minimum absolute atomic E-state index is 0. The Hall–Kier alpha value is -1.20. The van der Waals surface area contributed by atoms with Crippen LogP contribution in [0.1, 0.15) is 51.0 Å². The van der Waals surface area contributed by atoms with Gasteiger partial charge in [0.2, 0.25) is 0 Å². The molecule has 8 nitrogen and oxygen atoms in total. The molecule has 0 aromatic heterocycles. The number of nitrogens with two attached hydrogens (primary N) is 1. The van der Waals surface area contributed by atoms with E-state index in [2.05, 4.69) is 4.90 Å². The van der Waals surface area contributed by atoms with Crippen LogP contribution in [-0.4, -0.2) is 69.6 Å². The minimum atomic E-state index is -1.37. The Balaban J connectivity index is 0. The lowest BCUT2D eigenvalue weighted by molar-refractivity contribution is -0.144. The lowest BCUT2D eigenvalue weighted by atomic mass is 9.70. The molecule has 0 spiro atoms. The van der Waals surface area contributed by atoms with E-state index in [1.165, 1.54) is 0 Å². The van der Waals surface area contributed by atoms with Crippen LogP contribution in [0.2, 0.25) is 6.32 Å². The van der Waals surface area contributed by atoms with E-state index >= 15 is 0 Å². The first-order valence-electron chi connectivity index (χ1n) is 10.4. The fourth-order valence-corrected chi connectivity index (χ4v) is 4.22. The number of piperidine rings is 1. The number of benzene rings is 1. The number of ketones is 1. The summed E-state index contributed by atoms with van der Waals surface area (Å²) in [4.78, 5) is 26.4. The van der Waals surface area contributed by atoms with Crippen LogP contribution >= 0.6 is 24.8 Å². The standard InChI is InChI=1S/C21H33BN2O5.2ClH.H2O/c1-17(25)20(18-7-3-2-4-8-18)10-14-24(15-11-20)16-12-21(23,19(26)27)9-5-6-13-22(28)29;;;/h2-4,7-8,28-29H,5-6,9-16,23H2,1H3,(H,26,27);2*1H;1H2. The lowest BCUT2D eigenvalue weighted by Gasteiger charge is -2.41. The number of rotatable bonds is 11. The third-order valence-electron chi connectivity index (χ3n) is 6.35. The maximum atomic E-state index is 12.5. The van der Waals surface area contributed by atoms with Gasteiger partial charge in [0.25, 0.3) is 0 Å². The molecule has 184 valence electrons. The van der Waals surface area contributed by atoms with Gasteiger partial charge < -0.3 is 31.3 Å². The average Bonchev–Trinajstić information content (AvgIpc) is 2.70. The molecule has 1 saturated heterocycles. The number of likely N-dealkylation sites (tertiary alicyclic amines) is 1. The van der Waals surface area contributed by atoms with Crippen molar-refractivity contribution in [3.8, 4) is 0 Å². The van der Waals surface area contributed by atoms with E-state index in [4.69, 9.17) is 15.8 Å². The summed E-state index contributed by atoms with van der Waals surface area (Å²) in [5, 5.41) is 27.4. The van der Waals surface area contributed by atoms with Crippen molar-refractivity contribution in [3.63, 3.8) is 0 Å². The van der Waals surface area contributed by atoms with E-state index in [-0.39, 0.29) is 42.4 Å². The summed E-state index contributed by atoms with van der Waals surface area (Å²) in [6.07, 6.45) is 3.31. The first kappa shape index (κ1) is 33.0. The van der Waals surface area contributed by atoms with Crippen molar-refractivity contribution in [3.05, 3.63) is 35.9 Å². The summed E-state index contributed by atoms with van der Waals surface area (Å²) in [6.45, 7) is 3.66. The van der Waals surface area contributed by atoms with E-state index in [0.29, 0.717) is 45.1 Å². The van der Waals surface area contributed by atoms with Crippen molar-refractivity contribution in [1.82, 2.24) is 4.90 Å². The number of unbranched alkanes of at least 4 members (excludes halogenated alkanes) is 1. The van der Waals surface area contributed by atoms with Crippen molar-refractivity contribution in [1.29, 1.82) is 0 Å². The quantitative estimate of drug-likeness (QED) is 0.268. The number of hydrogen-bond acceptors (Lipinski definition) is 6. The van der Waals surface area contributed by atoms with Gasteiger partial charge in [-0.25, -0.2) is 0 Å². The molecule has 1 aromatic carbocycles. The summed E-state index contributed by atoms with van der Waals surface area (Å²) >= 11 is 0. The van der Waals surface area contributed by atoms with Gasteiger partial charge in [-0.1, -0.05) is 43.2 Å². The number of aliphatic carboxylic acids is 1. The number of Topliss-reactive ketones (excluding diaryl/α,β-unsaturated/α-hetero) is 1. The molecule has 7 N–H and O–H groups in total. The van der Waals surface area contributed by atoms with Crippen LogP contribution in [0.25, 0.3) is 0 Å². The normalized spacial score (nSPS) is 17.0. The minimum Gasteiger partial charge on any atom is -0.480 e. The Labute approximate surface area is 202 Å². The summed E-state index contributed by atoms with van der Waals surface area (Å²) < 4.78 is 0. The van der Waals surface area contributed by atoms with Crippen molar-refractivity contribution in [2.75, 3.05) is 19.6 Å². The number of carboxylic acid groups (broad SMARTS) is 1. The van der Waals surface area contributed by atoms with Crippen LogP contribution in [0.5, 0.6) is 0 Å². The second-order valence-corrected chi connectivity index (χ2v) is 8.28. The molecule has 11 heteroatoms. The van der Waals surface area contributed by atoms with Gasteiger partial charge in [0.05, 0.1) is 5.41 Å². The van der Waals surface area contributed by atoms with Crippen LogP contribution in [0.3, 0.4) is 0 Å². The summed E-state index contributed by atoms with van der Waals surface area (Å²) in [5.41, 5.74) is 5.43. The van der Waals surface area contributed by atoms with Crippen LogP contribution in [0, 0.1) is 0 Å². The zero-order chi connectivity index (χ0) is 21.5. The molecule has 1 unspecified atom stereocenters. The molecule has 1 aliphatic rings. The van der Waals surface area contributed by atoms with Gasteiger partial charge in [-0.05, 0) is 57.6 Å². The zero-order valence-electron chi connectivity index (χ0n) is 18.5. The number of nitrogens with zero attached hydrogens (tertiary/aromatic N) is 1. The monoisotopic (exact) mass is 494 g/mol. The number of carboxylic acids is 1. The maximum Gasteiger partial charge on any atom is 0.451 e. The number of carbonyl (C=O) groups excluding carboxylic acids is 1. The average molecular weight is 495 g/mol. The molecular formula is C21H37BCl2N2O6. The summed E-state index contributed by atoms with van der Waals surface area (Å²) in [7, 11) is -1.37.